The van der Waals surface area contributed by atoms with E-state index in [1.54, 1.807) is 0 Å². The summed E-state index contributed by atoms with van der Waals surface area (Å²) >= 11 is 5.66. The van der Waals surface area contributed by atoms with Crippen LogP contribution in [0.25, 0.3) is 0 Å². The summed E-state index contributed by atoms with van der Waals surface area (Å²) in [6.07, 6.45) is 24.2. The molecule has 0 aromatic heterocycles. The van der Waals surface area contributed by atoms with Crippen molar-refractivity contribution in [3.8, 4) is 0 Å². The summed E-state index contributed by atoms with van der Waals surface area (Å²) in [6.45, 7) is 4.39. The molecule has 0 spiro atoms. The number of unbranched alkanes of at least 4 members (excludes halogenated alkanes) is 15. The molecule has 0 saturated carbocycles. The van der Waals surface area contributed by atoms with Crippen molar-refractivity contribution in [1.29, 1.82) is 0 Å². The SMILES string of the molecule is CCCCCCCCCCCCCCCCC[C@H]1OC[C@H](COCCCCCl)O1. The van der Waals surface area contributed by atoms with Crippen LogP contribution in [0.3, 0.4) is 0 Å². The number of rotatable bonds is 22. The van der Waals surface area contributed by atoms with E-state index in [0.29, 0.717) is 19.1 Å². The van der Waals surface area contributed by atoms with E-state index in [4.69, 9.17) is 25.8 Å². The number of halogens is 1. The monoisotopic (exact) mass is 432 g/mol. The molecule has 2 atom stereocenters. The van der Waals surface area contributed by atoms with E-state index in [0.717, 1.165) is 25.9 Å². The zero-order valence-corrected chi connectivity index (χ0v) is 20.1. The van der Waals surface area contributed by atoms with Crippen LogP contribution < -0.4 is 0 Å². The van der Waals surface area contributed by atoms with Crippen LogP contribution in [0.2, 0.25) is 0 Å². The number of hydrogen-bond acceptors (Lipinski definition) is 3. The summed E-state index contributed by atoms with van der Waals surface area (Å²) in [7, 11) is 0. The summed E-state index contributed by atoms with van der Waals surface area (Å²) < 4.78 is 17.3. The molecule has 0 aromatic carbocycles. The molecular weight excluding hydrogens is 384 g/mol. The summed E-state index contributed by atoms with van der Waals surface area (Å²) in [5, 5.41) is 0. The fourth-order valence-corrected chi connectivity index (χ4v) is 4.13. The summed E-state index contributed by atoms with van der Waals surface area (Å²) in [6, 6.07) is 0. The fraction of sp³-hybridized carbons (Fsp3) is 1.00. The van der Waals surface area contributed by atoms with Gasteiger partial charge in [0.1, 0.15) is 6.10 Å². The van der Waals surface area contributed by atoms with Crippen molar-refractivity contribution >= 4 is 11.6 Å². The molecular formula is C25H49ClO3. The first kappa shape index (κ1) is 27.2. The first-order chi connectivity index (χ1) is 14.4. The highest BCUT2D eigenvalue weighted by Gasteiger charge is 2.25. The van der Waals surface area contributed by atoms with Gasteiger partial charge in [0.05, 0.1) is 13.2 Å². The molecule has 1 heterocycles. The first-order valence-corrected chi connectivity index (χ1v) is 13.3. The van der Waals surface area contributed by atoms with E-state index in [1.807, 2.05) is 0 Å². The van der Waals surface area contributed by atoms with Crippen LogP contribution in [0, 0.1) is 0 Å². The topological polar surface area (TPSA) is 27.7 Å². The molecule has 1 rings (SSSR count). The van der Waals surface area contributed by atoms with Gasteiger partial charge in [-0.2, -0.15) is 0 Å². The predicted molar refractivity (Wildman–Crippen MR) is 125 cm³/mol. The molecule has 0 aliphatic carbocycles. The lowest BCUT2D eigenvalue weighted by Crippen LogP contribution is -2.19. The van der Waals surface area contributed by atoms with Crippen LogP contribution in [0.5, 0.6) is 0 Å². The molecule has 1 saturated heterocycles. The quantitative estimate of drug-likeness (QED) is 0.128. The van der Waals surface area contributed by atoms with E-state index < -0.39 is 0 Å². The molecule has 1 aliphatic heterocycles. The largest absolute Gasteiger partial charge is 0.379 e. The van der Waals surface area contributed by atoms with Crippen molar-refractivity contribution in [3.63, 3.8) is 0 Å². The van der Waals surface area contributed by atoms with E-state index in [-0.39, 0.29) is 12.4 Å². The van der Waals surface area contributed by atoms with Gasteiger partial charge in [-0.05, 0) is 25.7 Å². The number of alkyl halides is 1. The maximum absolute atomic E-state index is 5.91. The zero-order valence-electron chi connectivity index (χ0n) is 19.3. The van der Waals surface area contributed by atoms with Gasteiger partial charge in [0.25, 0.3) is 0 Å². The van der Waals surface area contributed by atoms with Crippen LogP contribution >= 0.6 is 11.6 Å². The lowest BCUT2D eigenvalue weighted by atomic mass is 10.0. The highest BCUT2D eigenvalue weighted by Crippen LogP contribution is 2.19. The van der Waals surface area contributed by atoms with Crippen molar-refractivity contribution in [2.75, 3.05) is 25.7 Å². The molecule has 4 heteroatoms. The summed E-state index contributed by atoms with van der Waals surface area (Å²) in [5.41, 5.74) is 0. The van der Waals surface area contributed by atoms with Gasteiger partial charge in [0.15, 0.2) is 6.29 Å². The third kappa shape index (κ3) is 17.5. The van der Waals surface area contributed by atoms with Gasteiger partial charge < -0.3 is 14.2 Å². The Labute approximate surface area is 186 Å². The second kappa shape index (κ2) is 21.4. The number of ether oxygens (including phenoxy) is 3. The Morgan fingerprint density at radius 3 is 1.83 bits per heavy atom. The Balaban J connectivity index is 1.75. The molecule has 1 fully saturated rings. The second-order valence-corrected chi connectivity index (χ2v) is 9.11. The predicted octanol–water partition coefficient (Wildman–Crippen LogP) is 8.03. The van der Waals surface area contributed by atoms with Gasteiger partial charge in [-0.1, -0.05) is 96.8 Å². The Morgan fingerprint density at radius 2 is 1.28 bits per heavy atom. The minimum Gasteiger partial charge on any atom is -0.379 e. The maximum Gasteiger partial charge on any atom is 0.158 e. The van der Waals surface area contributed by atoms with Crippen molar-refractivity contribution < 1.29 is 14.2 Å². The van der Waals surface area contributed by atoms with Gasteiger partial charge in [0.2, 0.25) is 0 Å². The normalized spacial score (nSPS) is 19.2. The highest BCUT2D eigenvalue weighted by atomic mass is 35.5. The Hall–Kier alpha value is 0.170. The molecule has 0 radical (unpaired) electrons. The third-order valence-electron chi connectivity index (χ3n) is 5.83. The van der Waals surface area contributed by atoms with Gasteiger partial charge in [0, 0.05) is 12.5 Å². The molecule has 0 aromatic rings. The molecule has 0 amide bonds. The summed E-state index contributed by atoms with van der Waals surface area (Å²) in [4.78, 5) is 0. The van der Waals surface area contributed by atoms with Crippen LogP contribution in [-0.4, -0.2) is 38.1 Å². The maximum atomic E-state index is 5.91. The average Bonchev–Trinajstić information content (AvgIpc) is 3.18. The molecule has 29 heavy (non-hydrogen) atoms. The highest BCUT2D eigenvalue weighted by molar-refractivity contribution is 6.17. The average molecular weight is 433 g/mol. The van der Waals surface area contributed by atoms with Gasteiger partial charge in [-0.25, -0.2) is 0 Å². The van der Waals surface area contributed by atoms with Crippen LogP contribution in [-0.2, 0) is 14.2 Å². The molecule has 174 valence electrons. The van der Waals surface area contributed by atoms with Crippen LogP contribution in [0.4, 0.5) is 0 Å². The van der Waals surface area contributed by atoms with Gasteiger partial charge in [-0.15, -0.1) is 11.6 Å². The lowest BCUT2D eigenvalue weighted by molar-refractivity contribution is -0.0760. The smallest absolute Gasteiger partial charge is 0.158 e. The van der Waals surface area contributed by atoms with Gasteiger partial charge >= 0.3 is 0 Å². The Kier molecular flexibility index (Phi) is 20.1. The van der Waals surface area contributed by atoms with Crippen LogP contribution in [0.15, 0.2) is 0 Å². The van der Waals surface area contributed by atoms with Crippen LogP contribution in [0.1, 0.15) is 122 Å². The lowest BCUT2D eigenvalue weighted by Gasteiger charge is -2.11. The fourth-order valence-electron chi connectivity index (χ4n) is 3.94. The third-order valence-corrected chi connectivity index (χ3v) is 6.10. The molecule has 0 unspecified atom stereocenters. The standard InChI is InChI=1S/C25H49ClO3/c1-2-3-4-5-6-7-8-9-10-11-12-13-14-15-16-19-25-28-23-24(29-25)22-27-21-18-17-20-26/h24-25H,2-23H2,1H3/t24-,25-/m0/s1. The Morgan fingerprint density at radius 1 is 0.724 bits per heavy atom. The minimum absolute atomic E-state index is 0.00610. The first-order valence-electron chi connectivity index (χ1n) is 12.8. The molecule has 3 nitrogen and oxygen atoms in total. The Bertz CT molecular complexity index is 327. The van der Waals surface area contributed by atoms with Crippen molar-refractivity contribution in [3.05, 3.63) is 0 Å². The van der Waals surface area contributed by atoms with Crippen molar-refractivity contribution in [2.45, 2.75) is 135 Å². The van der Waals surface area contributed by atoms with E-state index in [1.165, 1.54) is 96.3 Å². The van der Waals surface area contributed by atoms with E-state index in [2.05, 4.69) is 6.92 Å². The second-order valence-electron chi connectivity index (χ2n) is 8.73. The van der Waals surface area contributed by atoms with E-state index in [9.17, 15) is 0 Å². The van der Waals surface area contributed by atoms with Crippen molar-refractivity contribution in [2.24, 2.45) is 0 Å². The summed E-state index contributed by atoms with van der Waals surface area (Å²) in [5.74, 6) is 0.716. The molecule has 1 aliphatic rings. The number of hydrogen-bond donors (Lipinski definition) is 0. The minimum atomic E-state index is -0.00610. The molecule has 0 bridgehead atoms. The molecule has 0 N–H and O–H groups in total. The van der Waals surface area contributed by atoms with Crippen molar-refractivity contribution in [1.82, 2.24) is 0 Å². The zero-order chi connectivity index (χ0) is 20.8. The van der Waals surface area contributed by atoms with E-state index >= 15 is 0 Å². The van der Waals surface area contributed by atoms with Gasteiger partial charge in [-0.3, -0.25) is 0 Å².